The van der Waals surface area contributed by atoms with Gasteiger partial charge in [0.1, 0.15) is 5.82 Å². The molecular weight excluding hydrogens is 290 g/mol. The molecule has 1 unspecified atom stereocenters. The number of halogens is 1. The van der Waals surface area contributed by atoms with E-state index in [1.165, 1.54) is 5.56 Å². The van der Waals surface area contributed by atoms with Crippen LogP contribution in [0.4, 0.5) is 5.82 Å². The monoisotopic (exact) mass is 305 g/mol. The second-order valence-corrected chi connectivity index (χ2v) is 5.04. The minimum Gasteiger partial charge on any atom is -0.366 e. The Bertz CT molecular complexity index is 470. The number of nitrogens with two attached hydrogens (primary N) is 1. The van der Waals surface area contributed by atoms with Gasteiger partial charge < -0.3 is 11.1 Å². The van der Waals surface area contributed by atoms with E-state index in [1.807, 2.05) is 30.3 Å². The van der Waals surface area contributed by atoms with Crippen molar-refractivity contribution in [1.29, 1.82) is 0 Å². The van der Waals surface area contributed by atoms with Gasteiger partial charge in [0, 0.05) is 23.3 Å². The quantitative estimate of drug-likeness (QED) is 0.893. The van der Waals surface area contributed by atoms with Gasteiger partial charge in [0.15, 0.2) is 0 Å². The summed E-state index contributed by atoms with van der Waals surface area (Å²) in [7, 11) is 0. The van der Waals surface area contributed by atoms with Crippen molar-refractivity contribution in [1.82, 2.24) is 4.98 Å². The van der Waals surface area contributed by atoms with Crippen LogP contribution < -0.4 is 11.1 Å². The SMILES string of the molecule is NCC(Cc1ccccc1)Nc1ccc(Br)cn1. The molecule has 94 valence electrons. The Labute approximate surface area is 116 Å². The van der Waals surface area contributed by atoms with Crippen LogP contribution in [0.25, 0.3) is 0 Å². The van der Waals surface area contributed by atoms with Crippen LogP contribution in [-0.4, -0.2) is 17.6 Å². The molecule has 3 N–H and O–H groups in total. The van der Waals surface area contributed by atoms with Crippen LogP contribution in [0.5, 0.6) is 0 Å². The first-order valence-electron chi connectivity index (χ1n) is 5.90. The highest BCUT2D eigenvalue weighted by atomic mass is 79.9. The Hall–Kier alpha value is -1.39. The first kappa shape index (κ1) is 13.1. The number of aromatic nitrogens is 1. The third-order valence-electron chi connectivity index (χ3n) is 2.69. The molecule has 18 heavy (non-hydrogen) atoms. The minimum atomic E-state index is 0.195. The lowest BCUT2D eigenvalue weighted by molar-refractivity contribution is 0.720. The van der Waals surface area contributed by atoms with Gasteiger partial charge in [0.2, 0.25) is 0 Å². The van der Waals surface area contributed by atoms with Gasteiger partial charge in [-0.3, -0.25) is 0 Å². The first-order valence-corrected chi connectivity index (χ1v) is 6.69. The summed E-state index contributed by atoms with van der Waals surface area (Å²) >= 11 is 3.37. The molecule has 0 aliphatic carbocycles. The zero-order valence-electron chi connectivity index (χ0n) is 10.0. The molecule has 1 aromatic heterocycles. The summed E-state index contributed by atoms with van der Waals surface area (Å²) in [5, 5.41) is 3.35. The fraction of sp³-hybridized carbons (Fsp3) is 0.214. The van der Waals surface area contributed by atoms with Crippen LogP contribution in [0, 0.1) is 0 Å². The summed E-state index contributed by atoms with van der Waals surface area (Å²) in [6, 6.07) is 14.4. The van der Waals surface area contributed by atoms with Gasteiger partial charge in [-0.2, -0.15) is 0 Å². The van der Waals surface area contributed by atoms with Gasteiger partial charge in [-0.1, -0.05) is 30.3 Å². The molecule has 1 atom stereocenters. The molecule has 0 aliphatic heterocycles. The third-order valence-corrected chi connectivity index (χ3v) is 3.16. The van der Waals surface area contributed by atoms with E-state index in [0.29, 0.717) is 6.54 Å². The van der Waals surface area contributed by atoms with Crippen LogP contribution in [0.3, 0.4) is 0 Å². The summed E-state index contributed by atoms with van der Waals surface area (Å²) in [5.41, 5.74) is 7.07. The van der Waals surface area contributed by atoms with E-state index in [9.17, 15) is 0 Å². The number of pyridine rings is 1. The second kappa shape index (κ2) is 6.52. The molecule has 0 aliphatic rings. The zero-order valence-corrected chi connectivity index (χ0v) is 11.6. The van der Waals surface area contributed by atoms with Gasteiger partial charge in [-0.05, 0) is 40.0 Å². The topological polar surface area (TPSA) is 50.9 Å². The number of anilines is 1. The number of nitrogens with zero attached hydrogens (tertiary/aromatic N) is 1. The lowest BCUT2D eigenvalue weighted by atomic mass is 10.1. The van der Waals surface area contributed by atoms with E-state index in [4.69, 9.17) is 5.73 Å². The van der Waals surface area contributed by atoms with E-state index in [1.54, 1.807) is 6.20 Å². The van der Waals surface area contributed by atoms with Crippen LogP contribution in [0.1, 0.15) is 5.56 Å². The maximum absolute atomic E-state index is 5.80. The van der Waals surface area contributed by atoms with Crippen molar-refractivity contribution in [3.05, 3.63) is 58.7 Å². The van der Waals surface area contributed by atoms with Crippen LogP contribution >= 0.6 is 15.9 Å². The van der Waals surface area contributed by atoms with Crippen molar-refractivity contribution in [2.75, 3.05) is 11.9 Å². The molecule has 0 saturated carbocycles. The Kier molecular flexibility index (Phi) is 4.73. The summed E-state index contributed by atoms with van der Waals surface area (Å²) in [6.45, 7) is 0.576. The Morgan fingerprint density at radius 1 is 1.17 bits per heavy atom. The Morgan fingerprint density at radius 2 is 1.94 bits per heavy atom. The zero-order chi connectivity index (χ0) is 12.8. The van der Waals surface area contributed by atoms with Gasteiger partial charge in [0.25, 0.3) is 0 Å². The fourth-order valence-corrected chi connectivity index (χ4v) is 2.00. The van der Waals surface area contributed by atoms with Crippen molar-refractivity contribution in [2.24, 2.45) is 5.73 Å². The maximum atomic E-state index is 5.80. The molecule has 0 bridgehead atoms. The van der Waals surface area contributed by atoms with E-state index in [-0.39, 0.29) is 6.04 Å². The fourth-order valence-electron chi connectivity index (χ4n) is 1.76. The highest BCUT2D eigenvalue weighted by Gasteiger charge is 2.07. The van der Waals surface area contributed by atoms with Crippen LogP contribution in [0.15, 0.2) is 53.1 Å². The van der Waals surface area contributed by atoms with E-state index in [2.05, 4.69) is 38.4 Å². The molecule has 0 amide bonds. The lowest BCUT2D eigenvalue weighted by Crippen LogP contribution is -2.31. The molecule has 3 nitrogen and oxygen atoms in total. The van der Waals surface area contributed by atoms with Crippen molar-refractivity contribution in [3.63, 3.8) is 0 Å². The molecule has 0 saturated heterocycles. The van der Waals surface area contributed by atoms with Gasteiger partial charge >= 0.3 is 0 Å². The third kappa shape index (κ3) is 3.82. The smallest absolute Gasteiger partial charge is 0.126 e. The van der Waals surface area contributed by atoms with Crippen molar-refractivity contribution >= 4 is 21.7 Å². The van der Waals surface area contributed by atoms with E-state index < -0.39 is 0 Å². The second-order valence-electron chi connectivity index (χ2n) is 4.13. The van der Waals surface area contributed by atoms with Crippen LogP contribution in [0.2, 0.25) is 0 Å². The minimum absolute atomic E-state index is 0.195. The van der Waals surface area contributed by atoms with Crippen molar-refractivity contribution in [3.8, 4) is 0 Å². The molecular formula is C14H16BrN3. The number of nitrogens with one attached hydrogen (secondary N) is 1. The predicted octanol–water partition coefficient (Wildman–Crippen LogP) is 2.83. The van der Waals surface area contributed by atoms with E-state index in [0.717, 1.165) is 16.7 Å². The van der Waals surface area contributed by atoms with Gasteiger partial charge in [0.05, 0.1) is 0 Å². The largest absolute Gasteiger partial charge is 0.366 e. The highest BCUT2D eigenvalue weighted by molar-refractivity contribution is 9.10. The van der Waals surface area contributed by atoms with Crippen molar-refractivity contribution < 1.29 is 0 Å². The average Bonchev–Trinajstić information content (AvgIpc) is 2.41. The molecule has 4 heteroatoms. The van der Waals surface area contributed by atoms with Gasteiger partial charge in [-0.25, -0.2) is 4.98 Å². The summed E-state index contributed by atoms with van der Waals surface area (Å²) < 4.78 is 0.973. The Balaban J connectivity index is 1.99. The Morgan fingerprint density at radius 3 is 2.56 bits per heavy atom. The number of hydrogen-bond donors (Lipinski definition) is 2. The lowest BCUT2D eigenvalue weighted by Gasteiger charge is -2.17. The molecule has 1 aromatic carbocycles. The first-order chi connectivity index (χ1) is 8.78. The van der Waals surface area contributed by atoms with Crippen LogP contribution in [-0.2, 0) is 6.42 Å². The molecule has 2 aromatic rings. The number of rotatable bonds is 5. The number of benzene rings is 1. The standard InChI is InChI=1S/C14H16BrN3/c15-12-6-7-14(17-10-12)18-13(9-16)8-11-4-2-1-3-5-11/h1-7,10,13H,8-9,16H2,(H,17,18). The molecule has 1 heterocycles. The molecule has 0 radical (unpaired) electrons. The maximum Gasteiger partial charge on any atom is 0.126 e. The van der Waals surface area contributed by atoms with E-state index >= 15 is 0 Å². The highest BCUT2D eigenvalue weighted by Crippen LogP contribution is 2.12. The molecule has 0 fully saturated rings. The summed E-state index contributed by atoms with van der Waals surface area (Å²) in [5.74, 6) is 0.851. The molecule has 2 rings (SSSR count). The van der Waals surface area contributed by atoms with Crippen molar-refractivity contribution in [2.45, 2.75) is 12.5 Å². The summed E-state index contributed by atoms with van der Waals surface area (Å²) in [4.78, 5) is 4.29. The van der Waals surface area contributed by atoms with Gasteiger partial charge in [-0.15, -0.1) is 0 Å². The molecule has 0 spiro atoms. The summed E-state index contributed by atoms with van der Waals surface area (Å²) in [6.07, 6.45) is 2.67. The predicted molar refractivity (Wildman–Crippen MR) is 78.5 cm³/mol. The number of hydrogen-bond acceptors (Lipinski definition) is 3. The normalized spacial score (nSPS) is 12.1. The average molecular weight is 306 g/mol.